The summed E-state index contributed by atoms with van der Waals surface area (Å²) in [5.74, 6) is -2.04. The predicted octanol–water partition coefficient (Wildman–Crippen LogP) is 5.66. The van der Waals surface area contributed by atoms with Gasteiger partial charge in [0.1, 0.15) is 0 Å². The highest BCUT2D eigenvalue weighted by molar-refractivity contribution is 4.87. The second-order valence-electron chi connectivity index (χ2n) is 5.90. The Morgan fingerprint density at radius 2 is 1.82 bits per heavy atom. The topological polar surface area (TPSA) is 0 Å². The van der Waals surface area contributed by atoms with Crippen LogP contribution in [0.15, 0.2) is 0 Å². The van der Waals surface area contributed by atoms with Gasteiger partial charge in [0.25, 0.3) is 5.92 Å². The van der Waals surface area contributed by atoms with Crippen LogP contribution in [-0.4, -0.2) is 5.92 Å². The summed E-state index contributed by atoms with van der Waals surface area (Å²) >= 11 is 0. The molecule has 0 radical (unpaired) electrons. The zero-order valence-electron chi connectivity index (χ0n) is 11.6. The van der Waals surface area contributed by atoms with E-state index in [0.717, 1.165) is 32.1 Å². The zero-order valence-corrected chi connectivity index (χ0v) is 11.6. The maximum absolute atomic E-state index is 14.0. The molecule has 0 aromatic carbocycles. The fraction of sp³-hybridized carbons (Fsp3) is 1.00. The molecule has 0 spiro atoms. The largest absolute Gasteiger partial charge is 0.250 e. The van der Waals surface area contributed by atoms with Crippen LogP contribution in [0.25, 0.3) is 0 Å². The van der Waals surface area contributed by atoms with Crippen molar-refractivity contribution in [2.75, 3.05) is 0 Å². The third-order valence-corrected chi connectivity index (χ3v) is 4.45. The van der Waals surface area contributed by atoms with Crippen LogP contribution in [0, 0.1) is 17.8 Å². The van der Waals surface area contributed by atoms with E-state index < -0.39 is 5.92 Å². The summed E-state index contributed by atoms with van der Waals surface area (Å²) in [6.45, 7) is 5.92. The maximum Gasteiger partial charge on any atom is 0.250 e. The van der Waals surface area contributed by atoms with E-state index in [-0.39, 0.29) is 18.3 Å². The van der Waals surface area contributed by atoms with Crippen molar-refractivity contribution < 1.29 is 8.78 Å². The number of rotatable bonds is 6. The van der Waals surface area contributed by atoms with E-state index in [2.05, 4.69) is 13.8 Å². The van der Waals surface area contributed by atoms with Crippen molar-refractivity contribution in [1.29, 1.82) is 0 Å². The highest BCUT2D eigenvalue weighted by atomic mass is 19.3. The first-order valence-corrected chi connectivity index (χ1v) is 7.39. The van der Waals surface area contributed by atoms with Crippen LogP contribution in [0.5, 0.6) is 0 Å². The summed E-state index contributed by atoms with van der Waals surface area (Å²) in [5.41, 5.74) is 0. The van der Waals surface area contributed by atoms with Gasteiger partial charge in [0.2, 0.25) is 0 Å². The molecule has 1 rings (SSSR count). The average Bonchev–Trinajstić information content (AvgIpc) is 2.31. The molecule has 0 heterocycles. The van der Waals surface area contributed by atoms with Crippen LogP contribution in [0.4, 0.5) is 8.78 Å². The Balaban J connectivity index is 2.58. The van der Waals surface area contributed by atoms with Gasteiger partial charge in [-0.15, -0.1) is 0 Å². The monoisotopic (exact) mass is 246 g/mol. The van der Waals surface area contributed by atoms with E-state index in [1.807, 2.05) is 0 Å². The molecule has 0 N–H and O–H groups in total. The van der Waals surface area contributed by atoms with E-state index in [1.54, 1.807) is 6.92 Å². The van der Waals surface area contributed by atoms with Crippen LogP contribution >= 0.6 is 0 Å². The maximum atomic E-state index is 14.0. The second kappa shape index (κ2) is 6.70. The van der Waals surface area contributed by atoms with Gasteiger partial charge in [-0.25, -0.2) is 8.78 Å². The Hall–Kier alpha value is -0.140. The van der Waals surface area contributed by atoms with Gasteiger partial charge < -0.3 is 0 Å². The standard InChI is InChI=1S/C15H28F2/c1-4-6-7-8-13-10-9-12(3)11-14(13)15(16,17)5-2/h12-14H,4-11H2,1-3H3/t12?,13-,14+/m0/s1. The molecule has 0 aromatic heterocycles. The molecule has 2 heteroatoms. The van der Waals surface area contributed by atoms with Crippen LogP contribution in [0.2, 0.25) is 0 Å². The predicted molar refractivity (Wildman–Crippen MR) is 69.4 cm³/mol. The van der Waals surface area contributed by atoms with Crippen LogP contribution in [0.3, 0.4) is 0 Å². The Kier molecular flexibility index (Phi) is 5.88. The third-order valence-electron chi connectivity index (χ3n) is 4.45. The van der Waals surface area contributed by atoms with E-state index in [1.165, 1.54) is 12.8 Å². The molecule has 0 amide bonds. The molecule has 3 atom stereocenters. The number of halogens is 2. The van der Waals surface area contributed by atoms with Gasteiger partial charge in [0.05, 0.1) is 0 Å². The van der Waals surface area contributed by atoms with Gasteiger partial charge in [0.15, 0.2) is 0 Å². The zero-order chi connectivity index (χ0) is 12.9. The Bertz CT molecular complexity index is 213. The van der Waals surface area contributed by atoms with Gasteiger partial charge in [-0.05, 0) is 31.1 Å². The minimum atomic E-state index is -2.44. The van der Waals surface area contributed by atoms with E-state index in [9.17, 15) is 8.78 Å². The molecule has 1 saturated carbocycles. The quantitative estimate of drug-likeness (QED) is 0.530. The lowest BCUT2D eigenvalue weighted by Gasteiger charge is -2.39. The number of hydrogen-bond donors (Lipinski definition) is 0. The Morgan fingerprint density at radius 1 is 1.12 bits per heavy atom. The number of hydrogen-bond acceptors (Lipinski definition) is 0. The molecule has 0 saturated heterocycles. The Labute approximate surface area is 105 Å². The fourth-order valence-corrected chi connectivity index (χ4v) is 3.23. The second-order valence-corrected chi connectivity index (χ2v) is 5.90. The fourth-order valence-electron chi connectivity index (χ4n) is 3.23. The summed E-state index contributed by atoms with van der Waals surface area (Å²) in [5, 5.41) is 0. The molecule has 1 aliphatic carbocycles. The Morgan fingerprint density at radius 3 is 2.41 bits per heavy atom. The molecule has 1 aliphatic rings. The first-order chi connectivity index (χ1) is 8.01. The molecular weight excluding hydrogens is 218 g/mol. The van der Waals surface area contributed by atoms with Crippen LogP contribution < -0.4 is 0 Å². The smallest absolute Gasteiger partial charge is 0.207 e. The van der Waals surface area contributed by atoms with Gasteiger partial charge in [-0.2, -0.15) is 0 Å². The highest BCUT2D eigenvalue weighted by Gasteiger charge is 2.44. The van der Waals surface area contributed by atoms with Crippen molar-refractivity contribution in [2.45, 2.75) is 78.1 Å². The van der Waals surface area contributed by atoms with Crippen molar-refractivity contribution in [3.63, 3.8) is 0 Å². The molecule has 0 bridgehead atoms. The van der Waals surface area contributed by atoms with Crippen LogP contribution in [0.1, 0.15) is 72.1 Å². The van der Waals surface area contributed by atoms with Crippen molar-refractivity contribution in [3.05, 3.63) is 0 Å². The van der Waals surface area contributed by atoms with Crippen molar-refractivity contribution in [2.24, 2.45) is 17.8 Å². The first-order valence-electron chi connectivity index (χ1n) is 7.39. The minimum absolute atomic E-state index is 0.00860. The molecule has 1 unspecified atom stereocenters. The highest BCUT2D eigenvalue weighted by Crippen LogP contribution is 2.45. The third kappa shape index (κ3) is 4.22. The molecule has 0 nitrogen and oxygen atoms in total. The summed E-state index contributed by atoms with van der Waals surface area (Å²) in [6.07, 6.45) is 7.42. The van der Waals surface area contributed by atoms with Gasteiger partial charge in [0, 0.05) is 12.3 Å². The molecule has 1 fully saturated rings. The van der Waals surface area contributed by atoms with Crippen molar-refractivity contribution in [3.8, 4) is 0 Å². The first kappa shape index (κ1) is 14.9. The summed E-state index contributed by atoms with van der Waals surface area (Å²) < 4.78 is 27.9. The van der Waals surface area contributed by atoms with Crippen molar-refractivity contribution >= 4 is 0 Å². The van der Waals surface area contributed by atoms with Crippen molar-refractivity contribution in [1.82, 2.24) is 0 Å². The van der Waals surface area contributed by atoms with Gasteiger partial charge >= 0.3 is 0 Å². The molecule has 0 aromatic rings. The summed E-state index contributed by atoms with van der Waals surface area (Å²) in [4.78, 5) is 0. The summed E-state index contributed by atoms with van der Waals surface area (Å²) in [7, 11) is 0. The lowest BCUT2D eigenvalue weighted by Crippen LogP contribution is -2.38. The number of unbranched alkanes of at least 4 members (excludes halogenated alkanes) is 2. The summed E-state index contributed by atoms with van der Waals surface area (Å²) in [6, 6.07) is 0. The van der Waals surface area contributed by atoms with E-state index >= 15 is 0 Å². The van der Waals surface area contributed by atoms with Gasteiger partial charge in [-0.3, -0.25) is 0 Å². The van der Waals surface area contributed by atoms with E-state index in [0.29, 0.717) is 5.92 Å². The minimum Gasteiger partial charge on any atom is -0.207 e. The van der Waals surface area contributed by atoms with E-state index in [4.69, 9.17) is 0 Å². The average molecular weight is 246 g/mol. The van der Waals surface area contributed by atoms with Crippen LogP contribution in [-0.2, 0) is 0 Å². The lowest BCUT2D eigenvalue weighted by atomic mass is 9.69. The molecule has 0 aliphatic heterocycles. The number of alkyl halides is 2. The molecule has 102 valence electrons. The normalized spacial score (nSPS) is 30.5. The lowest BCUT2D eigenvalue weighted by molar-refractivity contribution is -0.104. The van der Waals surface area contributed by atoms with Gasteiger partial charge in [-0.1, -0.05) is 46.5 Å². The molecule has 17 heavy (non-hydrogen) atoms. The SMILES string of the molecule is CCCCC[C@H]1CCC(C)C[C@H]1C(F)(F)CC. The molecular formula is C15H28F2.